The lowest BCUT2D eigenvalue weighted by Gasteiger charge is -2.23. The van der Waals surface area contributed by atoms with E-state index in [4.69, 9.17) is 0 Å². The van der Waals surface area contributed by atoms with Crippen LogP contribution in [0.4, 0.5) is 0 Å². The molecule has 0 aromatic rings. The average molecular weight is 199 g/mol. The molecule has 0 radical (unpaired) electrons. The highest BCUT2D eigenvalue weighted by molar-refractivity contribution is 4.69. The van der Waals surface area contributed by atoms with Crippen LogP contribution in [0, 0.1) is 10.8 Å². The van der Waals surface area contributed by atoms with Crippen LogP contribution in [0.2, 0.25) is 0 Å². The Labute approximate surface area is 90.7 Å². The summed E-state index contributed by atoms with van der Waals surface area (Å²) in [6.45, 7) is 16.1. The van der Waals surface area contributed by atoms with Gasteiger partial charge in [0.1, 0.15) is 0 Å². The maximum absolute atomic E-state index is 3.55. The van der Waals surface area contributed by atoms with E-state index in [1.54, 1.807) is 0 Å². The Bertz CT molecular complexity index is 142. The summed E-state index contributed by atoms with van der Waals surface area (Å²) in [7, 11) is 0. The van der Waals surface area contributed by atoms with E-state index in [0.29, 0.717) is 10.8 Å². The van der Waals surface area contributed by atoms with Gasteiger partial charge in [-0.05, 0) is 36.6 Å². The van der Waals surface area contributed by atoms with Crippen LogP contribution >= 0.6 is 0 Å². The van der Waals surface area contributed by atoms with Gasteiger partial charge in [0.15, 0.2) is 0 Å². The molecular weight excluding hydrogens is 170 g/mol. The number of hydrogen-bond acceptors (Lipinski definition) is 1. The molecule has 0 saturated heterocycles. The maximum Gasteiger partial charge on any atom is 0.000241 e. The number of nitrogens with one attached hydrogen (secondary N) is 1. The predicted molar refractivity (Wildman–Crippen MR) is 65.6 cm³/mol. The van der Waals surface area contributed by atoms with Gasteiger partial charge < -0.3 is 5.32 Å². The minimum Gasteiger partial charge on any atom is -0.316 e. The van der Waals surface area contributed by atoms with E-state index in [1.807, 2.05) is 0 Å². The summed E-state index contributed by atoms with van der Waals surface area (Å²) < 4.78 is 0. The highest BCUT2D eigenvalue weighted by atomic mass is 14.9. The molecule has 86 valence electrons. The van der Waals surface area contributed by atoms with Crippen molar-refractivity contribution in [3.63, 3.8) is 0 Å². The van der Waals surface area contributed by atoms with Crippen molar-refractivity contribution in [3.8, 4) is 0 Å². The van der Waals surface area contributed by atoms with Gasteiger partial charge in [-0.15, -0.1) is 0 Å². The van der Waals surface area contributed by atoms with Crippen molar-refractivity contribution in [2.75, 3.05) is 13.1 Å². The first kappa shape index (κ1) is 14.0. The first-order valence-corrected chi connectivity index (χ1v) is 5.97. The Morgan fingerprint density at radius 2 is 1.57 bits per heavy atom. The van der Waals surface area contributed by atoms with Crippen LogP contribution in [0.5, 0.6) is 0 Å². The van der Waals surface area contributed by atoms with Crippen molar-refractivity contribution in [1.82, 2.24) is 5.32 Å². The van der Waals surface area contributed by atoms with E-state index in [9.17, 15) is 0 Å². The minimum absolute atomic E-state index is 0.460. The molecular formula is C13H29N. The fourth-order valence-corrected chi connectivity index (χ4v) is 1.30. The smallest absolute Gasteiger partial charge is 0.000241 e. The highest BCUT2D eigenvalue weighted by Gasteiger charge is 2.14. The van der Waals surface area contributed by atoms with Gasteiger partial charge >= 0.3 is 0 Å². The Hall–Kier alpha value is -0.0400. The molecule has 0 amide bonds. The van der Waals surface area contributed by atoms with Crippen LogP contribution in [0.25, 0.3) is 0 Å². The number of hydrogen-bond donors (Lipinski definition) is 1. The summed E-state index contributed by atoms with van der Waals surface area (Å²) >= 11 is 0. The minimum atomic E-state index is 0.460. The van der Waals surface area contributed by atoms with Crippen molar-refractivity contribution in [2.24, 2.45) is 10.8 Å². The van der Waals surface area contributed by atoms with Gasteiger partial charge in [0.2, 0.25) is 0 Å². The molecule has 0 aliphatic rings. The zero-order chi connectivity index (χ0) is 11.2. The second-order valence-electron chi connectivity index (χ2n) is 6.36. The van der Waals surface area contributed by atoms with Crippen LogP contribution in [0.1, 0.15) is 60.8 Å². The van der Waals surface area contributed by atoms with Gasteiger partial charge in [0, 0.05) is 6.54 Å². The summed E-state index contributed by atoms with van der Waals surface area (Å²) in [4.78, 5) is 0. The predicted octanol–water partition coefficient (Wildman–Crippen LogP) is 3.84. The molecule has 1 N–H and O–H groups in total. The van der Waals surface area contributed by atoms with Crippen LogP contribution in [0.3, 0.4) is 0 Å². The van der Waals surface area contributed by atoms with Crippen molar-refractivity contribution in [1.29, 1.82) is 0 Å². The average Bonchev–Trinajstić information content (AvgIpc) is 2.01. The van der Waals surface area contributed by atoms with Gasteiger partial charge in [-0.2, -0.15) is 0 Å². The molecule has 0 spiro atoms. The lowest BCUT2D eigenvalue weighted by atomic mass is 9.89. The van der Waals surface area contributed by atoms with Crippen molar-refractivity contribution in [3.05, 3.63) is 0 Å². The van der Waals surface area contributed by atoms with E-state index in [1.165, 1.54) is 25.8 Å². The van der Waals surface area contributed by atoms with Crippen LogP contribution in [-0.2, 0) is 0 Å². The third-order valence-electron chi connectivity index (χ3n) is 2.84. The van der Waals surface area contributed by atoms with E-state index in [-0.39, 0.29) is 0 Å². The molecule has 0 saturated carbocycles. The molecule has 0 aliphatic heterocycles. The standard InChI is InChI=1S/C13H29N/c1-7-13(5,6)11-14-10-8-9-12(2,3)4/h14H,7-11H2,1-6H3. The van der Waals surface area contributed by atoms with Gasteiger partial charge in [-0.3, -0.25) is 0 Å². The monoisotopic (exact) mass is 199 g/mol. The SMILES string of the molecule is CCC(C)(C)CNCCCC(C)(C)C. The lowest BCUT2D eigenvalue weighted by molar-refractivity contribution is 0.315. The van der Waals surface area contributed by atoms with E-state index >= 15 is 0 Å². The molecule has 0 aromatic carbocycles. The van der Waals surface area contributed by atoms with Crippen molar-refractivity contribution in [2.45, 2.75) is 60.8 Å². The second-order valence-corrected chi connectivity index (χ2v) is 6.36. The topological polar surface area (TPSA) is 12.0 Å². The summed E-state index contributed by atoms with van der Waals surface area (Å²) in [5.74, 6) is 0. The molecule has 14 heavy (non-hydrogen) atoms. The van der Waals surface area contributed by atoms with E-state index in [0.717, 1.165) is 6.54 Å². The first-order valence-electron chi connectivity index (χ1n) is 5.97. The highest BCUT2D eigenvalue weighted by Crippen LogP contribution is 2.20. The Morgan fingerprint density at radius 1 is 1.00 bits per heavy atom. The Morgan fingerprint density at radius 3 is 2.00 bits per heavy atom. The zero-order valence-corrected chi connectivity index (χ0v) is 11.0. The first-order chi connectivity index (χ1) is 6.27. The molecule has 0 heterocycles. The van der Waals surface area contributed by atoms with Crippen LogP contribution in [0.15, 0.2) is 0 Å². The van der Waals surface area contributed by atoms with Crippen LogP contribution < -0.4 is 5.32 Å². The van der Waals surface area contributed by atoms with Gasteiger partial charge in [0.05, 0.1) is 0 Å². The summed E-state index contributed by atoms with van der Waals surface area (Å²) in [5, 5.41) is 3.55. The van der Waals surface area contributed by atoms with E-state index in [2.05, 4.69) is 46.9 Å². The maximum atomic E-state index is 3.55. The summed E-state index contributed by atoms with van der Waals surface area (Å²) in [6.07, 6.45) is 3.86. The van der Waals surface area contributed by atoms with Crippen LogP contribution in [-0.4, -0.2) is 13.1 Å². The van der Waals surface area contributed by atoms with Gasteiger partial charge in [-0.1, -0.05) is 41.5 Å². The molecule has 0 rings (SSSR count). The quantitative estimate of drug-likeness (QED) is 0.641. The Balaban J connectivity index is 3.39. The van der Waals surface area contributed by atoms with Crippen molar-refractivity contribution < 1.29 is 0 Å². The molecule has 0 unspecified atom stereocenters. The molecule has 1 heteroatoms. The van der Waals surface area contributed by atoms with E-state index < -0.39 is 0 Å². The second kappa shape index (κ2) is 5.75. The molecule has 1 nitrogen and oxygen atoms in total. The fraction of sp³-hybridized carbons (Fsp3) is 1.00. The molecule has 0 atom stereocenters. The largest absolute Gasteiger partial charge is 0.316 e. The molecule has 0 aliphatic carbocycles. The summed E-state index contributed by atoms with van der Waals surface area (Å²) in [6, 6.07) is 0. The van der Waals surface area contributed by atoms with Crippen molar-refractivity contribution >= 4 is 0 Å². The fourth-order valence-electron chi connectivity index (χ4n) is 1.30. The lowest BCUT2D eigenvalue weighted by Crippen LogP contribution is -2.29. The molecule has 0 fully saturated rings. The third-order valence-corrected chi connectivity index (χ3v) is 2.84. The number of rotatable bonds is 6. The van der Waals surface area contributed by atoms with Gasteiger partial charge in [-0.25, -0.2) is 0 Å². The third kappa shape index (κ3) is 8.55. The molecule has 0 aromatic heterocycles. The Kier molecular flexibility index (Phi) is 5.73. The molecule has 0 bridgehead atoms. The summed E-state index contributed by atoms with van der Waals surface area (Å²) in [5.41, 5.74) is 0.948. The normalized spacial score (nSPS) is 13.3. The van der Waals surface area contributed by atoms with Gasteiger partial charge in [0.25, 0.3) is 0 Å². The zero-order valence-electron chi connectivity index (χ0n) is 11.0.